The van der Waals surface area contributed by atoms with E-state index in [1.807, 2.05) is 32.0 Å². The average Bonchev–Trinajstić information content (AvgIpc) is 2.62. The van der Waals surface area contributed by atoms with Gasteiger partial charge in [0.05, 0.1) is 13.1 Å². The molecule has 26 heavy (non-hydrogen) atoms. The van der Waals surface area contributed by atoms with Gasteiger partial charge in [-0.25, -0.2) is 0 Å². The molecular formula is C19H21Cl2N3O2. The second-order valence-electron chi connectivity index (χ2n) is 5.86. The molecule has 0 aliphatic heterocycles. The van der Waals surface area contributed by atoms with E-state index in [9.17, 15) is 9.59 Å². The fourth-order valence-corrected chi connectivity index (χ4v) is 2.83. The maximum atomic E-state index is 12.0. The van der Waals surface area contributed by atoms with Gasteiger partial charge in [-0.2, -0.15) is 0 Å². The van der Waals surface area contributed by atoms with Crippen LogP contribution in [0.4, 0.5) is 5.69 Å². The number of halogens is 2. The maximum Gasteiger partial charge on any atom is 0.243 e. The summed E-state index contributed by atoms with van der Waals surface area (Å²) in [6.07, 6.45) is 0. The van der Waals surface area contributed by atoms with Gasteiger partial charge in [0.2, 0.25) is 11.8 Å². The Morgan fingerprint density at radius 3 is 2.38 bits per heavy atom. The lowest BCUT2D eigenvalue weighted by Crippen LogP contribution is -2.39. The zero-order valence-electron chi connectivity index (χ0n) is 14.6. The topological polar surface area (TPSA) is 70.2 Å². The van der Waals surface area contributed by atoms with Gasteiger partial charge in [0, 0.05) is 21.8 Å². The molecule has 0 bridgehead atoms. The van der Waals surface area contributed by atoms with Crippen LogP contribution in [0.5, 0.6) is 0 Å². The molecule has 3 N–H and O–H groups in total. The summed E-state index contributed by atoms with van der Waals surface area (Å²) in [6, 6.07) is 12.6. The van der Waals surface area contributed by atoms with Crippen molar-refractivity contribution in [2.24, 2.45) is 0 Å². The van der Waals surface area contributed by atoms with Gasteiger partial charge >= 0.3 is 0 Å². The van der Waals surface area contributed by atoms with Crippen LogP contribution in [0.3, 0.4) is 0 Å². The zero-order valence-corrected chi connectivity index (χ0v) is 16.1. The molecular weight excluding hydrogens is 373 g/mol. The van der Waals surface area contributed by atoms with Gasteiger partial charge in [-0.3, -0.25) is 9.59 Å². The van der Waals surface area contributed by atoms with Crippen molar-refractivity contribution in [1.29, 1.82) is 0 Å². The van der Waals surface area contributed by atoms with E-state index in [0.717, 1.165) is 11.1 Å². The first-order chi connectivity index (χ1) is 12.4. The molecule has 0 saturated carbocycles. The maximum absolute atomic E-state index is 12.0. The lowest BCUT2D eigenvalue weighted by Gasteiger charge is -2.15. The van der Waals surface area contributed by atoms with Crippen LogP contribution in [-0.2, 0) is 9.59 Å². The molecule has 0 aliphatic rings. The van der Waals surface area contributed by atoms with Crippen molar-refractivity contribution in [1.82, 2.24) is 10.6 Å². The number of carbonyl (C=O) groups is 2. The molecule has 0 aliphatic carbocycles. The van der Waals surface area contributed by atoms with E-state index >= 15 is 0 Å². The van der Waals surface area contributed by atoms with Gasteiger partial charge in [-0.15, -0.1) is 0 Å². The fraction of sp³-hybridized carbons (Fsp3) is 0.263. The molecule has 0 spiro atoms. The minimum atomic E-state index is -0.317. The molecule has 138 valence electrons. The molecule has 0 aromatic heterocycles. The highest BCUT2D eigenvalue weighted by molar-refractivity contribution is 6.32. The second kappa shape index (κ2) is 9.57. The fourth-order valence-electron chi connectivity index (χ4n) is 2.36. The lowest BCUT2D eigenvalue weighted by molar-refractivity contribution is -0.123. The highest BCUT2D eigenvalue weighted by Crippen LogP contribution is 2.23. The first-order valence-corrected chi connectivity index (χ1v) is 8.93. The third kappa shape index (κ3) is 5.73. The van der Waals surface area contributed by atoms with Gasteiger partial charge < -0.3 is 16.0 Å². The van der Waals surface area contributed by atoms with Crippen LogP contribution in [0.2, 0.25) is 10.0 Å². The summed E-state index contributed by atoms with van der Waals surface area (Å²) in [5.74, 6) is -0.593. The normalized spacial score (nSPS) is 11.7. The number of amides is 2. The molecule has 2 rings (SSSR count). The second-order valence-corrected chi connectivity index (χ2v) is 6.68. The molecule has 1 unspecified atom stereocenters. The van der Waals surface area contributed by atoms with Crippen LogP contribution < -0.4 is 16.0 Å². The van der Waals surface area contributed by atoms with E-state index in [-0.39, 0.29) is 30.9 Å². The highest BCUT2D eigenvalue weighted by atomic mass is 35.5. The summed E-state index contributed by atoms with van der Waals surface area (Å²) < 4.78 is 0. The molecule has 5 nitrogen and oxygen atoms in total. The summed E-state index contributed by atoms with van der Waals surface area (Å²) in [4.78, 5) is 23.9. The van der Waals surface area contributed by atoms with Gasteiger partial charge in [0.15, 0.2) is 0 Å². The number of rotatable bonds is 7. The smallest absolute Gasteiger partial charge is 0.243 e. The van der Waals surface area contributed by atoms with Crippen LogP contribution in [0.25, 0.3) is 0 Å². The highest BCUT2D eigenvalue weighted by Gasteiger charge is 2.12. The van der Waals surface area contributed by atoms with Gasteiger partial charge in [-0.1, -0.05) is 47.5 Å². The number of carbonyl (C=O) groups excluding carboxylic acids is 2. The predicted octanol–water partition coefficient (Wildman–Crippen LogP) is 3.71. The average molecular weight is 394 g/mol. The number of anilines is 1. The van der Waals surface area contributed by atoms with E-state index in [1.54, 1.807) is 24.3 Å². The molecule has 0 radical (unpaired) electrons. The Balaban J connectivity index is 1.77. The minimum Gasteiger partial charge on any atom is -0.346 e. The SMILES string of the molecule is Cc1c(Cl)cccc1NC(=O)CNC(=O)CNC(C)c1ccccc1Cl. The van der Waals surface area contributed by atoms with Crippen molar-refractivity contribution in [3.63, 3.8) is 0 Å². The summed E-state index contributed by atoms with van der Waals surface area (Å²) in [6.45, 7) is 3.70. The number of hydrogen-bond donors (Lipinski definition) is 3. The third-order valence-electron chi connectivity index (χ3n) is 3.93. The Labute approximate surface area is 163 Å². The molecule has 2 aromatic carbocycles. The molecule has 2 amide bonds. The molecule has 2 aromatic rings. The van der Waals surface area contributed by atoms with E-state index in [4.69, 9.17) is 23.2 Å². The van der Waals surface area contributed by atoms with Gasteiger partial charge in [0.25, 0.3) is 0 Å². The Kier molecular flexibility index (Phi) is 7.45. The van der Waals surface area contributed by atoms with Crippen molar-refractivity contribution in [3.8, 4) is 0 Å². The predicted molar refractivity (Wildman–Crippen MR) is 106 cm³/mol. The van der Waals surface area contributed by atoms with Gasteiger partial charge in [0.1, 0.15) is 0 Å². The van der Waals surface area contributed by atoms with Gasteiger partial charge in [-0.05, 0) is 43.2 Å². The van der Waals surface area contributed by atoms with Crippen molar-refractivity contribution in [2.75, 3.05) is 18.4 Å². The molecule has 0 fully saturated rings. The first-order valence-electron chi connectivity index (χ1n) is 8.18. The number of benzene rings is 2. The van der Waals surface area contributed by atoms with E-state index in [2.05, 4.69) is 16.0 Å². The Bertz CT molecular complexity index is 796. The third-order valence-corrected chi connectivity index (χ3v) is 4.68. The summed E-state index contributed by atoms with van der Waals surface area (Å²) >= 11 is 12.2. The van der Waals surface area contributed by atoms with Crippen molar-refractivity contribution in [3.05, 3.63) is 63.6 Å². The van der Waals surface area contributed by atoms with E-state index in [1.165, 1.54) is 0 Å². The van der Waals surface area contributed by atoms with Crippen molar-refractivity contribution in [2.45, 2.75) is 19.9 Å². The molecule has 7 heteroatoms. The molecule has 0 saturated heterocycles. The largest absolute Gasteiger partial charge is 0.346 e. The number of nitrogens with one attached hydrogen (secondary N) is 3. The molecule has 1 atom stereocenters. The summed E-state index contributed by atoms with van der Waals surface area (Å²) in [5, 5.41) is 9.61. The Hall–Kier alpha value is -2.08. The van der Waals surface area contributed by atoms with Crippen molar-refractivity contribution < 1.29 is 9.59 Å². The van der Waals surface area contributed by atoms with Crippen LogP contribution in [0, 0.1) is 6.92 Å². The van der Waals surface area contributed by atoms with E-state index < -0.39 is 0 Å². The van der Waals surface area contributed by atoms with Crippen LogP contribution >= 0.6 is 23.2 Å². The first kappa shape index (κ1) is 20.2. The molecule has 0 heterocycles. The minimum absolute atomic E-state index is 0.0792. The quantitative estimate of drug-likeness (QED) is 0.671. The number of hydrogen-bond acceptors (Lipinski definition) is 3. The Morgan fingerprint density at radius 1 is 0.962 bits per heavy atom. The monoisotopic (exact) mass is 393 g/mol. The van der Waals surface area contributed by atoms with Crippen LogP contribution in [0.1, 0.15) is 24.1 Å². The van der Waals surface area contributed by atoms with E-state index in [0.29, 0.717) is 15.7 Å². The summed E-state index contributed by atoms with van der Waals surface area (Å²) in [5.41, 5.74) is 2.32. The van der Waals surface area contributed by atoms with Crippen LogP contribution in [-0.4, -0.2) is 24.9 Å². The Morgan fingerprint density at radius 2 is 1.65 bits per heavy atom. The zero-order chi connectivity index (χ0) is 19.1. The standard InChI is InChI=1S/C19H21Cl2N3O2/c1-12-15(20)8-5-9-17(12)24-19(26)11-23-18(25)10-22-13(2)14-6-3-4-7-16(14)21/h3-9,13,22H,10-11H2,1-2H3,(H,23,25)(H,24,26). The van der Waals surface area contributed by atoms with Crippen LogP contribution in [0.15, 0.2) is 42.5 Å². The summed E-state index contributed by atoms with van der Waals surface area (Å²) in [7, 11) is 0. The lowest BCUT2D eigenvalue weighted by atomic mass is 10.1. The van der Waals surface area contributed by atoms with Crippen molar-refractivity contribution >= 4 is 40.7 Å².